The van der Waals surface area contributed by atoms with E-state index in [2.05, 4.69) is 27.7 Å². The Hall–Kier alpha value is -1.52. The topological polar surface area (TPSA) is 77.5 Å². The lowest BCUT2D eigenvalue weighted by atomic mass is 9.34. The first kappa shape index (κ1) is 24.6. The fourth-order valence-corrected chi connectivity index (χ4v) is 9.85. The van der Waals surface area contributed by atoms with Gasteiger partial charge in [-0.25, -0.2) is 0 Å². The minimum Gasteiger partial charge on any atom is -0.462 e. The first-order valence-corrected chi connectivity index (χ1v) is 12.9. The summed E-state index contributed by atoms with van der Waals surface area (Å²) in [7, 11) is 0. The van der Waals surface area contributed by atoms with Gasteiger partial charge in [0.15, 0.2) is 0 Å². The molecule has 4 fully saturated rings. The molecule has 9 unspecified atom stereocenters. The molecule has 4 aliphatic carbocycles. The summed E-state index contributed by atoms with van der Waals surface area (Å²) in [5, 5.41) is 0. The van der Waals surface area contributed by atoms with Gasteiger partial charge in [-0.3, -0.25) is 14.4 Å². The molecule has 0 amide bonds. The minimum atomic E-state index is -0.895. The predicted octanol–water partition coefficient (Wildman–Crippen LogP) is 5.19. The zero-order valence-corrected chi connectivity index (χ0v) is 21.5. The Morgan fingerprint density at radius 1 is 0.939 bits per heavy atom. The maximum Gasteiger partial charge on any atom is 0.302 e. The number of ether oxygens (including phenoxy) is 1. The van der Waals surface area contributed by atoms with Crippen LogP contribution in [0, 0.1) is 51.2 Å². The van der Waals surface area contributed by atoms with Crippen molar-refractivity contribution in [2.24, 2.45) is 51.2 Å². The Morgan fingerprint density at radius 3 is 2.15 bits per heavy atom. The van der Waals surface area contributed by atoms with Crippen LogP contribution in [0.4, 0.5) is 0 Å². The van der Waals surface area contributed by atoms with Gasteiger partial charge in [-0.05, 0) is 73.0 Å². The molecule has 0 radical (unpaired) electrons. The van der Waals surface area contributed by atoms with Gasteiger partial charge in [0.05, 0.1) is 5.92 Å². The van der Waals surface area contributed by atoms with Crippen LogP contribution in [0.5, 0.6) is 0 Å². The van der Waals surface area contributed by atoms with Crippen LogP contribution in [0.1, 0.15) is 93.4 Å². The average molecular weight is 459 g/mol. The number of carbonyl (C=O) groups excluding carboxylic acids is 4. The summed E-state index contributed by atoms with van der Waals surface area (Å²) in [6.45, 7) is 14.3. The first-order valence-electron chi connectivity index (χ1n) is 12.9. The molecule has 0 aromatic heterocycles. The molecule has 184 valence electrons. The van der Waals surface area contributed by atoms with E-state index in [0.29, 0.717) is 18.8 Å². The quantitative estimate of drug-likeness (QED) is 0.430. The van der Waals surface area contributed by atoms with Crippen LogP contribution in [0.2, 0.25) is 0 Å². The third kappa shape index (κ3) is 3.31. The van der Waals surface area contributed by atoms with Crippen molar-refractivity contribution in [3.05, 3.63) is 0 Å². The Labute approximate surface area is 198 Å². The third-order valence-electron chi connectivity index (χ3n) is 11.2. The van der Waals surface area contributed by atoms with E-state index in [-0.39, 0.29) is 39.6 Å². The van der Waals surface area contributed by atoms with Crippen molar-refractivity contribution in [2.45, 2.75) is 99.5 Å². The Kier molecular flexibility index (Phi) is 5.77. The fraction of sp³-hybridized carbons (Fsp3) is 0.857. The lowest BCUT2D eigenvalue weighted by molar-refractivity contribution is -0.222. The average Bonchev–Trinajstić information content (AvgIpc) is 2.69. The van der Waals surface area contributed by atoms with E-state index in [1.165, 1.54) is 26.7 Å². The van der Waals surface area contributed by atoms with Crippen molar-refractivity contribution < 1.29 is 23.9 Å². The molecule has 0 aromatic rings. The van der Waals surface area contributed by atoms with E-state index < -0.39 is 29.3 Å². The van der Waals surface area contributed by atoms with Gasteiger partial charge in [-0.1, -0.05) is 41.0 Å². The molecule has 0 aromatic carbocycles. The van der Waals surface area contributed by atoms with E-state index in [9.17, 15) is 19.2 Å². The van der Waals surface area contributed by atoms with Crippen LogP contribution in [-0.4, -0.2) is 29.9 Å². The molecule has 0 aliphatic heterocycles. The van der Waals surface area contributed by atoms with Crippen molar-refractivity contribution in [1.29, 1.82) is 0 Å². The number of carbonyl (C=O) groups is 4. The van der Waals surface area contributed by atoms with Crippen molar-refractivity contribution in [2.75, 3.05) is 0 Å². The number of fused-ring (bicyclic) bond motifs is 5. The molecule has 0 heterocycles. The van der Waals surface area contributed by atoms with E-state index in [1.807, 2.05) is 6.92 Å². The van der Waals surface area contributed by atoms with Gasteiger partial charge in [0.2, 0.25) is 0 Å². The SMILES string of the molecule is CC(=O)OC1CC2C3(C)CCC4C(C)(C)CCCC4(C)C3CC(=O)C2(C)C(C=O)C1C(C)=O. The minimum absolute atomic E-state index is 0.0801. The summed E-state index contributed by atoms with van der Waals surface area (Å²) in [5.74, 6) is -1.26. The van der Waals surface area contributed by atoms with Crippen LogP contribution in [0.15, 0.2) is 0 Å². The molecule has 4 aliphatic rings. The van der Waals surface area contributed by atoms with E-state index in [4.69, 9.17) is 4.74 Å². The highest BCUT2D eigenvalue weighted by Crippen LogP contribution is 2.72. The van der Waals surface area contributed by atoms with Crippen LogP contribution < -0.4 is 0 Å². The number of rotatable bonds is 3. The standard InChI is InChI=1S/C28H42O5/c1-16(30)24-18(15-29)28(7)22(13-19(24)33-17(2)31)27(6)12-9-20-25(3,4)10-8-11-26(20,5)21(27)14-23(28)32/h15,18-22,24H,8-14H2,1-7H3. The summed E-state index contributed by atoms with van der Waals surface area (Å²) in [4.78, 5) is 51.2. The fourth-order valence-electron chi connectivity index (χ4n) is 9.85. The van der Waals surface area contributed by atoms with Gasteiger partial charge < -0.3 is 9.53 Å². The van der Waals surface area contributed by atoms with Gasteiger partial charge in [-0.2, -0.15) is 0 Å². The molecule has 0 saturated heterocycles. The van der Waals surface area contributed by atoms with Gasteiger partial charge in [0, 0.05) is 24.7 Å². The second kappa shape index (κ2) is 7.75. The van der Waals surface area contributed by atoms with E-state index >= 15 is 0 Å². The Balaban J connectivity index is 1.83. The van der Waals surface area contributed by atoms with Gasteiger partial charge in [0.1, 0.15) is 24.0 Å². The highest BCUT2D eigenvalue weighted by atomic mass is 16.5. The maximum atomic E-state index is 14.0. The number of hydrogen-bond donors (Lipinski definition) is 0. The molecule has 5 heteroatoms. The zero-order chi connectivity index (χ0) is 24.6. The molecular weight excluding hydrogens is 416 g/mol. The first-order chi connectivity index (χ1) is 15.2. The number of Topliss-reactive ketones (excluding diaryl/α,β-unsaturated/α-hetero) is 2. The number of hydrogen-bond acceptors (Lipinski definition) is 5. The zero-order valence-electron chi connectivity index (χ0n) is 21.5. The lowest BCUT2D eigenvalue weighted by Crippen LogP contribution is -2.68. The van der Waals surface area contributed by atoms with E-state index in [0.717, 1.165) is 25.5 Å². The maximum absolute atomic E-state index is 14.0. The molecule has 4 saturated carbocycles. The number of esters is 1. The van der Waals surface area contributed by atoms with Gasteiger partial charge in [-0.15, -0.1) is 0 Å². The summed E-state index contributed by atoms with van der Waals surface area (Å²) < 4.78 is 5.69. The summed E-state index contributed by atoms with van der Waals surface area (Å²) >= 11 is 0. The van der Waals surface area contributed by atoms with Crippen LogP contribution >= 0.6 is 0 Å². The molecule has 9 atom stereocenters. The molecule has 5 nitrogen and oxygen atoms in total. The van der Waals surface area contributed by atoms with Crippen molar-refractivity contribution in [1.82, 2.24) is 0 Å². The Morgan fingerprint density at radius 2 is 1.58 bits per heavy atom. The number of ketones is 2. The highest BCUT2D eigenvalue weighted by Gasteiger charge is 2.70. The molecule has 33 heavy (non-hydrogen) atoms. The Bertz CT molecular complexity index is 876. The van der Waals surface area contributed by atoms with Gasteiger partial charge in [0.25, 0.3) is 0 Å². The largest absolute Gasteiger partial charge is 0.462 e. The van der Waals surface area contributed by atoms with Crippen LogP contribution in [-0.2, 0) is 23.9 Å². The number of aldehydes is 1. The third-order valence-corrected chi connectivity index (χ3v) is 11.2. The van der Waals surface area contributed by atoms with Crippen LogP contribution in [0.25, 0.3) is 0 Å². The molecule has 0 N–H and O–H groups in total. The molecule has 4 rings (SSSR count). The summed E-state index contributed by atoms with van der Waals surface area (Å²) in [6, 6.07) is 0. The molecular formula is C28H42O5. The second-order valence-electron chi connectivity index (χ2n) is 13.1. The van der Waals surface area contributed by atoms with Crippen molar-refractivity contribution in [3.63, 3.8) is 0 Å². The summed E-state index contributed by atoms with van der Waals surface area (Å²) in [6.07, 6.45) is 6.81. The van der Waals surface area contributed by atoms with Crippen molar-refractivity contribution >= 4 is 23.8 Å². The summed E-state index contributed by atoms with van der Waals surface area (Å²) in [5.41, 5.74) is -0.692. The predicted molar refractivity (Wildman–Crippen MR) is 125 cm³/mol. The second-order valence-corrected chi connectivity index (χ2v) is 13.1. The molecule has 0 bridgehead atoms. The molecule has 0 spiro atoms. The highest BCUT2D eigenvalue weighted by molar-refractivity contribution is 5.93. The normalized spacial score (nSPS) is 48.6. The monoisotopic (exact) mass is 458 g/mol. The van der Waals surface area contributed by atoms with Crippen LogP contribution in [0.3, 0.4) is 0 Å². The van der Waals surface area contributed by atoms with Gasteiger partial charge >= 0.3 is 5.97 Å². The van der Waals surface area contributed by atoms with E-state index in [1.54, 1.807) is 0 Å². The lowest BCUT2D eigenvalue weighted by Gasteiger charge is -2.69. The smallest absolute Gasteiger partial charge is 0.302 e. The van der Waals surface area contributed by atoms with Crippen molar-refractivity contribution in [3.8, 4) is 0 Å².